The molecule has 0 bridgehead atoms. The lowest BCUT2D eigenvalue weighted by molar-refractivity contribution is -0.148. The number of hydrogen-bond acceptors (Lipinski definition) is 3. The monoisotopic (exact) mass is 290 g/mol. The first kappa shape index (κ1) is 14.8. The third-order valence-electron chi connectivity index (χ3n) is 2.32. The molecule has 4 nitrogen and oxygen atoms in total. The van der Waals surface area contributed by atoms with E-state index in [-0.39, 0.29) is 22.9 Å². The summed E-state index contributed by atoms with van der Waals surface area (Å²) < 4.78 is 5.34. The van der Waals surface area contributed by atoms with E-state index in [1.807, 2.05) is 0 Å². The van der Waals surface area contributed by atoms with Gasteiger partial charge in [-0.1, -0.05) is 23.2 Å². The Balaban J connectivity index is 2.98. The number of ether oxygens (including phenoxy) is 1. The number of rotatable bonds is 5. The molecule has 0 aromatic heterocycles. The topological polar surface area (TPSA) is 63.6 Å². The maximum Gasteiger partial charge on any atom is 0.312 e. The molecule has 1 aromatic carbocycles. The first-order chi connectivity index (χ1) is 8.27. The largest absolute Gasteiger partial charge is 0.490 e. The highest BCUT2D eigenvalue weighted by atomic mass is 35.5. The van der Waals surface area contributed by atoms with E-state index in [2.05, 4.69) is 0 Å². The molecule has 0 heterocycles. The van der Waals surface area contributed by atoms with Crippen LogP contribution in [0.2, 0.25) is 10.0 Å². The molecule has 0 saturated heterocycles. The molecule has 98 valence electrons. The summed E-state index contributed by atoms with van der Waals surface area (Å²) in [6.45, 7) is 2.92. The Morgan fingerprint density at radius 1 is 1.44 bits per heavy atom. The standard InChI is InChI=1S/C12H12Cl2O4/c1-12(2,11(16)17)6-18-10-7(5-15)3-8(13)4-9(10)14/h3-5H,6H2,1-2H3,(H,16,17). The summed E-state index contributed by atoms with van der Waals surface area (Å²) in [6, 6.07) is 2.84. The molecule has 0 amide bonds. The zero-order valence-electron chi connectivity index (χ0n) is 9.87. The van der Waals surface area contributed by atoms with Gasteiger partial charge in [0.05, 0.1) is 16.0 Å². The predicted molar refractivity (Wildman–Crippen MR) is 68.8 cm³/mol. The van der Waals surface area contributed by atoms with Crippen LogP contribution in [0.5, 0.6) is 5.75 Å². The SMILES string of the molecule is CC(C)(COc1c(Cl)cc(Cl)cc1C=O)C(=O)O. The van der Waals surface area contributed by atoms with Gasteiger partial charge in [-0.25, -0.2) is 0 Å². The second-order valence-electron chi connectivity index (χ2n) is 4.40. The number of carboxylic acid groups (broad SMARTS) is 1. The van der Waals surface area contributed by atoms with Gasteiger partial charge in [-0.15, -0.1) is 0 Å². The second-order valence-corrected chi connectivity index (χ2v) is 5.25. The van der Waals surface area contributed by atoms with E-state index in [9.17, 15) is 9.59 Å². The summed E-state index contributed by atoms with van der Waals surface area (Å²) in [5, 5.41) is 9.44. The fourth-order valence-electron chi connectivity index (χ4n) is 1.13. The molecule has 0 radical (unpaired) electrons. The van der Waals surface area contributed by atoms with Crippen LogP contribution in [0, 0.1) is 5.41 Å². The van der Waals surface area contributed by atoms with Gasteiger partial charge in [-0.05, 0) is 26.0 Å². The van der Waals surface area contributed by atoms with Crippen LogP contribution >= 0.6 is 23.2 Å². The molecule has 1 rings (SSSR count). The Hall–Kier alpha value is -1.26. The molecule has 0 aliphatic carbocycles. The van der Waals surface area contributed by atoms with Crippen LogP contribution in [-0.2, 0) is 4.79 Å². The summed E-state index contributed by atoms with van der Waals surface area (Å²) in [5.74, 6) is -0.856. The number of halogens is 2. The predicted octanol–water partition coefficient (Wildman–Crippen LogP) is 3.30. The van der Waals surface area contributed by atoms with Crippen molar-refractivity contribution in [3.63, 3.8) is 0 Å². The van der Waals surface area contributed by atoms with Crippen LogP contribution < -0.4 is 4.74 Å². The van der Waals surface area contributed by atoms with Crippen molar-refractivity contribution in [1.82, 2.24) is 0 Å². The van der Waals surface area contributed by atoms with E-state index in [1.54, 1.807) is 0 Å². The van der Waals surface area contributed by atoms with Gasteiger partial charge in [0.1, 0.15) is 12.4 Å². The molecule has 18 heavy (non-hydrogen) atoms. The van der Waals surface area contributed by atoms with Gasteiger partial charge >= 0.3 is 5.97 Å². The Kier molecular flexibility index (Phi) is 4.59. The molecule has 0 atom stereocenters. The zero-order valence-corrected chi connectivity index (χ0v) is 11.4. The molecule has 0 spiro atoms. The highest BCUT2D eigenvalue weighted by Crippen LogP contribution is 2.32. The van der Waals surface area contributed by atoms with Crippen LogP contribution in [0.4, 0.5) is 0 Å². The molecular weight excluding hydrogens is 279 g/mol. The molecular formula is C12H12Cl2O4. The number of aliphatic carboxylic acids is 1. The lowest BCUT2D eigenvalue weighted by Gasteiger charge is -2.20. The minimum Gasteiger partial charge on any atom is -0.490 e. The second kappa shape index (κ2) is 5.59. The molecule has 0 saturated carbocycles. The molecule has 0 fully saturated rings. The number of carbonyl (C=O) groups excluding carboxylic acids is 1. The van der Waals surface area contributed by atoms with Crippen molar-refractivity contribution < 1.29 is 19.4 Å². The molecule has 1 N–H and O–H groups in total. The summed E-state index contributed by atoms with van der Waals surface area (Å²) in [6.07, 6.45) is 0.556. The van der Waals surface area contributed by atoms with Gasteiger partial charge in [0.25, 0.3) is 0 Å². The molecule has 1 aromatic rings. The van der Waals surface area contributed by atoms with Crippen LogP contribution in [0.25, 0.3) is 0 Å². The van der Waals surface area contributed by atoms with E-state index >= 15 is 0 Å². The molecule has 0 aliphatic heterocycles. The third kappa shape index (κ3) is 3.37. The van der Waals surface area contributed by atoms with Crippen LogP contribution in [-0.4, -0.2) is 24.0 Å². The first-order valence-electron chi connectivity index (χ1n) is 5.08. The minimum absolute atomic E-state index is 0.107. The van der Waals surface area contributed by atoms with Crippen molar-refractivity contribution in [3.8, 4) is 5.75 Å². The van der Waals surface area contributed by atoms with E-state index < -0.39 is 11.4 Å². The first-order valence-corrected chi connectivity index (χ1v) is 5.84. The van der Waals surface area contributed by atoms with Gasteiger partial charge in [-0.2, -0.15) is 0 Å². The third-order valence-corrected chi connectivity index (χ3v) is 2.82. The van der Waals surface area contributed by atoms with Crippen LogP contribution in [0.1, 0.15) is 24.2 Å². The Bertz CT molecular complexity index is 483. The fraction of sp³-hybridized carbons (Fsp3) is 0.333. The normalized spacial score (nSPS) is 11.1. The maximum absolute atomic E-state index is 10.9. The van der Waals surface area contributed by atoms with Crippen molar-refractivity contribution in [3.05, 3.63) is 27.7 Å². The highest BCUT2D eigenvalue weighted by Gasteiger charge is 2.28. The molecule has 6 heteroatoms. The summed E-state index contributed by atoms with van der Waals surface area (Å²) in [7, 11) is 0. The van der Waals surface area contributed by atoms with Crippen molar-refractivity contribution in [2.45, 2.75) is 13.8 Å². The number of carbonyl (C=O) groups is 2. The number of benzene rings is 1. The average Bonchev–Trinajstić information content (AvgIpc) is 2.26. The van der Waals surface area contributed by atoms with Crippen molar-refractivity contribution in [2.75, 3.05) is 6.61 Å². The zero-order chi connectivity index (χ0) is 13.9. The van der Waals surface area contributed by atoms with Gasteiger partial charge in [0.2, 0.25) is 0 Å². The Labute approximate surface area is 114 Å². The summed E-state index contributed by atoms with van der Waals surface area (Å²) in [4.78, 5) is 21.8. The number of aldehydes is 1. The Morgan fingerprint density at radius 2 is 2.06 bits per heavy atom. The fourth-order valence-corrected chi connectivity index (χ4v) is 1.70. The van der Waals surface area contributed by atoms with Crippen LogP contribution in [0.3, 0.4) is 0 Å². The highest BCUT2D eigenvalue weighted by molar-refractivity contribution is 6.36. The van der Waals surface area contributed by atoms with Gasteiger partial charge < -0.3 is 9.84 Å². The average molecular weight is 291 g/mol. The summed E-state index contributed by atoms with van der Waals surface area (Å²) in [5.41, 5.74) is -0.892. The smallest absolute Gasteiger partial charge is 0.312 e. The lowest BCUT2D eigenvalue weighted by Crippen LogP contribution is -2.30. The quantitative estimate of drug-likeness (QED) is 0.845. The minimum atomic E-state index is -1.08. The summed E-state index contributed by atoms with van der Waals surface area (Å²) >= 11 is 11.7. The van der Waals surface area contributed by atoms with Crippen molar-refractivity contribution >= 4 is 35.5 Å². The van der Waals surface area contributed by atoms with E-state index in [0.29, 0.717) is 11.3 Å². The molecule has 0 aliphatic rings. The lowest BCUT2D eigenvalue weighted by atomic mass is 9.95. The van der Waals surface area contributed by atoms with Gasteiger partial charge in [0, 0.05) is 5.02 Å². The van der Waals surface area contributed by atoms with E-state index in [0.717, 1.165) is 0 Å². The number of hydrogen-bond donors (Lipinski definition) is 1. The number of carboxylic acids is 1. The van der Waals surface area contributed by atoms with Gasteiger partial charge in [0.15, 0.2) is 6.29 Å². The maximum atomic E-state index is 10.9. The molecule has 0 unspecified atom stereocenters. The van der Waals surface area contributed by atoms with Crippen molar-refractivity contribution in [2.24, 2.45) is 5.41 Å². The van der Waals surface area contributed by atoms with E-state index in [4.69, 9.17) is 33.0 Å². The van der Waals surface area contributed by atoms with E-state index in [1.165, 1.54) is 26.0 Å². The van der Waals surface area contributed by atoms with Crippen molar-refractivity contribution in [1.29, 1.82) is 0 Å². The van der Waals surface area contributed by atoms with Crippen LogP contribution in [0.15, 0.2) is 12.1 Å². The van der Waals surface area contributed by atoms with Gasteiger partial charge in [-0.3, -0.25) is 9.59 Å². The Morgan fingerprint density at radius 3 is 2.56 bits per heavy atom.